The maximum atomic E-state index is 13.0. The van der Waals surface area contributed by atoms with Gasteiger partial charge in [-0.15, -0.1) is 0 Å². The highest BCUT2D eigenvalue weighted by atomic mass is 16.3. The number of aliphatic hydroxyl groups excluding tert-OH is 1. The van der Waals surface area contributed by atoms with Crippen molar-refractivity contribution < 1.29 is 14.7 Å². The lowest BCUT2D eigenvalue weighted by Gasteiger charge is -2.28. The monoisotopic (exact) mass is 574 g/mol. The molecule has 2 aromatic heterocycles. The molecule has 2 unspecified atom stereocenters. The summed E-state index contributed by atoms with van der Waals surface area (Å²) in [5.74, 6) is 1.10. The Morgan fingerprint density at radius 3 is 2.67 bits per heavy atom. The fourth-order valence-electron chi connectivity index (χ4n) is 5.90. The van der Waals surface area contributed by atoms with Gasteiger partial charge in [0.25, 0.3) is 0 Å². The Morgan fingerprint density at radius 1 is 1.12 bits per heavy atom. The smallest absolute Gasteiger partial charge is 0.243 e. The van der Waals surface area contributed by atoms with E-state index >= 15 is 0 Å². The number of amides is 2. The van der Waals surface area contributed by atoms with E-state index in [1.807, 2.05) is 30.5 Å². The Morgan fingerprint density at radius 2 is 1.93 bits per heavy atom. The molecule has 2 aliphatic carbocycles. The summed E-state index contributed by atoms with van der Waals surface area (Å²) >= 11 is 0. The van der Waals surface area contributed by atoms with Gasteiger partial charge in [-0.1, -0.05) is 32.6 Å². The van der Waals surface area contributed by atoms with Crippen LogP contribution in [0.2, 0.25) is 0 Å². The third-order valence-electron chi connectivity index (χ3n) is 8.27. The van der Waals surface area contributed by atoms with Crippen LogP contribution in [0.1, 0.15) is 82.3 Å². The van der Waals surface area contributed by atoms with Gasteiger partial charge in [0.15, 0.2) is 5.65 Å². The Bertz CT molecular complexity index is 1410. The van der Waals surface area contributed by atoms with Crippen LogP contribution in [0.4, 0.5) is 17.6 Å². The van der Waals surface area contributed by atoms with Crippen molar-refractivity contribution in [2.45, 2.75) is 95.9 Å². The van der Waals surface area contributed by atoms with Crippen molar-refractivity contribution in [3.05, 3.63) is 54.2 Å². The van der Waals surface area contributed by atoms with Crippen LogP contribution in [0, 0.1) is 5.92 Å². The number of nitrogens with zero attached hydrogens (tertiary/aromatic N) is 4. The van der Waals surface area contributed by atoms with Gasteiger partial charge in [-0.2, -0.15) is 19.6 Å². The number of hydrogen-bond donors (Lipinski definition) is 5. The summed E-state index contributed by atoms with van der Waals surface area (Å²) in [4.78, 5) is 34.1. The second kappa shape index (κ2) is 13.3. The van der Waals surface area contributed by atoms with E-state index in [1.54, 1.807) is 4.52 Å². The number of benzene rings is 1. The highest BCUT2D eigenvalue weighted by Crippen LogP contribution is 2.27. The molecule has 0 saturated heterocycles. The molecular formula is C31H42N8O3. The number of nitrogens with one attached hydrogen (secondary N) is 4. The maximum Gasteiger partial charge on any atom is 0.243 e. The molecule has 2 atom stereocenters. The third kappa shape index (κ3) is 7.25. The Hall–Kier alpha value is -3.99. The first-order valence-corrected chi connectivity index (χ1v) is 15.1. The van der Waals surface area contributed by atoms with E-state index in [-0.39, 0.29) is 41.8 Å². The first-order valence-electron chi connectivity index (χ1n) is 15.1. The van der Waals surface area contributed by atoms with Gasteiger partial charge >= 0.3 is 0 Å². The maximum absolute atomic E-state index is 13.0. The first kappa shape index (κ1) is 29.5. The van der Waals surface area contributed by atoms with E-state index in [0.29, 0.717) is 24.9 Å². The van der Waals surface area contributed by atoms with E-state index in [1.165, 1.54) is 6.08 Å². The Balaban J connectivity index is 1.24. The third-order valence-corrected chi connectivity index (χ3v) is 8.27. The number of carbonyl (C=O) groups excluding carboxylic acids is 2. The summed E-state index contributed by atoms with van der Waals surface area (Å²) in [6, 6.07) is 8.00. The van der Waals surface area contributed by atoms with Gasteiger partial charge in [0, 0.05) is 35.8 Å². The lowest BCUT2D eigenvalue weighted by atomic mass is 9.85. The molecule has 11 heteroatoms. The summed E-state index contributed by atoms with van der Waals surface area (Å²) in [5.41, 5.74) is 3.51. The van der Waals surface area contributed by atoms with Crippen LogP contribution in [0.3, 0.4) is 0 Å². The number of aliphatic hydroxyl groups is 1. The van der Waals surface area contributed by atoms with Gasteiger partial charge in [0.05, 0.1) is 12.3 Å². The molecule has 2 fully saturated rings. The van der Waals surface area contributed by atoms with Crippen LogP contribution in [-0.2, 0) is 16.1 Å². The molecule has 0 spiro atoms. The first-order chi connectivity index (χ1) is 20.3. The molecule has 1 aromatic carbocycles. The average Bonchev–Trinajstić information content (AvgIpc) is 3.41. The zero-order valence-corrected chi connectivity index (χ0v) is 24.5. The minimum Gasteiger partial charge on any atom is -0.393 e. The zero-order chi connectivity index (χ0) is 29.6. The summed E-state index contributed by atoms with van der Waals surface area (Å²) in [5, 5.41) is 27.6. The predicted molar refractivity (Wildman–Crippen MR) is 163 cm³/mol. The SMILES string of the molecule is C=CC(=O)N[C@H]1CC[C@@H](C(=O)Nc2cccc(CNc3nc(NC4CCCC(O)C4)nc4c(C(C)C)cnn34)c2)CC1. The van der Waals surface area contributed by atoms with Crippen LogP contribution < -0.4 is 21.3 Å². The summed E-state index contributed by atoms with van der Waals surface area (Å²) in [7, 11) is 0. The molecule has 11 nitrogen and oxygen atoms in total. The van der Waals surface area contributed by atoms with E-state index in [9.17, 15) is 14.7 Å². The van der Waals surface area contributed by atoms with Gasteiger partial charge < -0.3 is 26.4 Å². The van der Waals surface area contributed by atoms with E-state index < -0.39 is 0 Å². The quantitative estimate of drug-likeness (QED) is 0.224. The molecule has 42 heavy (non-hydrogen) atoms. The van der Waals surface area contributed by atoms with Crippen molar-refractivity contribution in [3.63, 3.8) is 0 Å². The fourth-order valence-corrected chi connectivity index (χ4v) is 5.90. The molecule has 2 heterocycles. The fraction of sp³-hybridized carbons (Fsp3) is 0.516. The highest BCUT2D eigenvalue weighted by molar-refractivity contribution is 5.92. The number of rotatable bonds is 10. The number of carbonyl (C=O) groups is 2. The molecule has 224 valence electrons. The number of aromatic nitrogens is 4. The lowest BCUT2D eigenvalue weighted by molar-refractivity contribution is -0.121. The molecule has 0 aliphatic heterocycles. The van der Waals surface area contributed by atoms with Crippen molar-refractivity contribution in [1.29, 1.82) is 0 Å². The largest absolute Gasteiger partial charge is 0.393 e. The molecule has 2 aliphatic rings. The lowest BCUT2D eigenvalue weighted by Crippen LogP contribution is -2.38. The minimum absolute atomic E-state index is 0.00687. The van der Waals surface area contributed by atoms with Crippen LogP contribution in [-0.4, -0.2) is 54.7 Å². The minimum atomic E-state index is -0.299. The van der Waals surface area contributed by atoms with Crippen LogP contribution in [0.25, 0.3) is 5.65 Å². The molecule has 2 amide bonds. The second-order valence-electron chi connectivity index (χ2n) is 11.8. The van der Waals surface area contributed by atoms with Gasteiger partial charge in [0.1, 0.15) is 0 Å². The molecule has 3 aromatic rings. The van der Waals surface area contributed by atoms with E-state index in [2.05, 4.69) is 46.8 Å². The normalized spacial score (nSPS) is 22.5. The van der Waals surface area contributed by atoms with Crippen LogP contribution in [0.15, 0.2) is 43.1 Å². The summed E-state index contributed by atoms with van der Waals surface area (Å²) < 4.78 is 1.73. The predicted octanol–water partition coefficient (Wildman–Crippen LogP) is 4.37. The number of fused-ring (bicyclic) bond motifs is 1. The highest BCUT2D eigenvalue weighted by Gasteiger charge is 2.27. The van der Waals surface area contributed by atoms with Gasteiger partial charge in [0.2, 0.25) is 23.7 Å². The van der Waals surface area contributed by atoms with Crippen molar-refractivity contribution >= 4 is 35.0 Å². The van der Waals surface area contributed by atoms with E-state index in [0.717, 1.165) is 67.4 Å². The summed E-state index contributed by atoms with van der Waals surface area (Å²) in [6.07, 6.45) is 9.30. The topological polar surface area (TPSA) is 146 Å². The van der Waals surface area contributed by atoms with Gasteiger partial charge in [-0.25, -0.2) is 0 Å². The second-order valence-corrected chi connectivity index (χ2v) is 11.8. The zero-order valence-electron chi connectivity index (χ0n) is 24.5. The molecule has 0 bridgehead atoms. The van der Waals surface area contributed by atoms with Crippen molar-refractivity contribution in [3.8, 4) is 0 Å². The average molecular weight is 575 g/mol. The van der Waals surface area contributed by atoms with Crippen molar-refractivity contribution in [2.24, 2.45) is 5.92 Å². The Labute approximate surface area is 246 Å². The molecule has 2 saturated carbocycles. The van der Waals surface area contributed by atoms with Gasteiger partial charge in [-0.05, 0) is 81.1 Å². The molecule has 5 N–H and O–H groups in total. The number of hydrogen-bond acceptors (Lipinski definition) is 8. The van der Waals surface area contributed by atoms with Crippen LogP contribution >= 0.6 is 0 Å². The standard InChI is InChI=1S/C31H42N8O3/c1-4-27(41)34-22-13-11-21(12-14-22)29(42)35-23-8-5-7-20(15-23)17-32-31-38-30(36-24-9-6-10-25(40)16-24)37-28-26(19(2)3)18-33-39(28)31/h4-5,7-8,15,18-19,21-22,24-25,40H,1,6,9-14,16-17H2,2-3H3,(H,34,41)(H,35,42)(H2,32,36,37,38)/t21-,22+,24?,25?. The summed E-state index contributed by atoms with van der Waals surface area (Å²) in [6.45, 7) is 8.20. The Kier molecular flexibility index (Phi) is 9.36. The van der Waals surface area contributed by atoms with Crippen molar-refractivity contribution in [2.75, 3.05) is 16.0 Å². The molecule has 5 rings (SSSR count). The van der Waals surface area contributed by atoms with Crippen LogP contribution in [0.5, 0.6) is 0 Å². The number of anilines is 3. The molecule has 0 radical (unpaired) electrons. The van der Waals surface area contributed by atoms with Crippen molar-refractivity contribution in [1.82, 2.24) is 24.9 Å². The van der Waals surface area contributed by atoms with Gasteiger partial charge in [-0.3, -0.25) is 9.59 Å². The molecular weight excluding hydrogens is 532 g/mol. The van der Waals surface area contributed by atoms with E-state index in [4.69, 9.17) is 9.97 Å².